The summed E-state index contributed by atoms with van der Waals surface area (Å²) in [6.07, 6.45) is 5.84. The lowest BCUT2D eigenvalue weighted by Crippen LogP contribution is -2.41. The van der Waals surface area contributed by atoms with E-state index in [0.717, 1.165) is 31.7 Å². The highest BCUT2D eigenvalue weighted by molar-refractivity contribution is 7.98. The summed E-state index contributed by atoms with van der Waals surface area (Å²) in [6, 6.07) is 8.34. The zero-order chi connectivity index (χ0) is 18.5. The maximum Gasteiger partial charge on any atom is 0.256 e. The Kier molecular flexibility index (Phi) is 6.32. The van der Waals surface area contributed by atoms with Gasteiger partial charge in [-0.15, -0.1) is 0 Å². The largest absolute Gasteiger partial charge is 0.307 e. The third-order valence-electron chi connectivity index (χ3n) is 4.87. The number of amides is 1. The summed E-state index contributed by atoms with van der Waals surface area (Å²) < 4.78 is 15.2. The SMILES string of the molecule is CSCC(C)N1CCC(n2nccc2NC(=O)c2cccc(F)c2)CC1. The number of rotatable bonds is 6. The minimum atomic E-state index is -0.419. The van der Waals surface area contributed by atoms with Crippen molar-refractivity contribution in [2.24, 2.45) is 0 Å². The van der Waals surface area contributed by atoms with Crippen molar-refractivity contribution in [2.75, 3.05) is 30.4 Å². The van der Waals surface area contributed by atoms with Crippen LogP contribution in [0.15, 0.2) is 36.5 Å². The second-order valence-electron chi connectivity index (χ2n) is 6.70. The van der Waals surface area contributed by atoms with Crippen molar-refractivity contribution in [2.45, 2.75) is 31.8 Å². The van der Waals surface area contributed by atoms with Crippen LogP contribution in [0.5, 0.6) is 0 Å². The maximum absolute atomic E-state index is 13.3. The van der Waals surface area contributed by atoms with Crippen LogP contribution in [0, 0.1) is 5.82 Å². The molecule has 2 heterocycles. The van der Waals surface area contributed by atoms with Crippen LogP contribution < -0.4 is 5.32 Å². The van der Waals surface area contributed by atoms with E-state index in [-0.39, 0.29) is 11.9 Å². The summed E-state index contributed by atoms with van der Waals surface area (Å²) in [4.78, 5) is 14.9. The number of hydrogen-bond acceptors (Lipinski definition) is 4. The molecule has 1 aromatic carbocycles. The Morgan fingerprint density at radius 2 is 2.15 bits per heavy atom. The number of carbonyl (C=O) groups is 1. The molecule has 1 fully saturated rings. The van der Waals surface area contributed by atoms with E-state index in [1.165, 1.54) is 18.2 Å². The Bertz CT molecular complexity index is 743. The van der Waals surface area contributed by atoms with E-state index in [4.69, 9.17) is 0 Å². The van der Waals surface area contributed by atoms with Crippen molar-refractivity contribution in [3.8, 4) is 0 Å². The second-order valence-corrected chi connectivity index (χ2v) is 7.61. The van der Waals surface area contributed by atoms with Gasteiger partial charge < -0.3 is 5.32 Å². The number of hydrogen-bond donors (Lipinski definition) is 1. The summed E-state index contributed by atoms with van der Waals surface area (Å²) in [7, 11) is 0. The molecule has 0 aliphatic carbocycles. The fourth-order valence-electron chi connectivity index (χ4n) is 3.44. The first-order chi connectivity index (χ1) is 12.6. The molecule has 0 saturated carbocycles. The number of piperidine rings is 1. The lowest BCUT2D eigenvalue weighted by Gasteiger charge is -2.36. The Balaban J connectivity index is 1.63. The summed E-state index contributed by atoms with van der Waals surface area (Å²) in [5.74, 6) is 1.06. The number of likely N-dealkylation sites (tertiary alicyclic amines) is 1. The number of thioether (sulfide) groups is 1. The number of carbonyl (C=O) groups excluding carboxylic acids is 1. The molecule has 5 nitrogen and oxygen atoms in total. The van der Waals surface area contributed by atoms with Gasteiger partial charge in [0.1, 0.15) is 11.6 Å². The van der Waals surface area contributed by atoms with Gasteiger partial charge in [-0.3, -0.25) is 9.69 Å². The Labute approximate surface area is 157 Å². The van der Waals surface area contributed by atoms with Gasteiger partial charge in [0.2, 0.25) is 0 Å². The maximum atomic E-state index is 13.3. The Morgan fingerprint density at radius 3 is 2.85 bits per heavy atom. The van der Waals surface area contributed by atoms with Gasteiger partial charge in [-0.05, 0) is 44.2 Å². The highest BCUT2D eigenvalue weighted by Crippen LogP contribution is 2.27. The van der Waals surface area contributed by atoms with Crippen LogP contribution in [0.2, 0.25) is 0 Å². The number of halogens is 1. The molecule has 26 heavy (non-hydrogen) atoms. The van der Waals surface area contributed by atoms with Crippen molar-refractivity contribution in [3.05, 3.63) is 47.9 Å². The number of nitrogens with zero attached hydrogens (tertiary/aromatic N) is 3. The zero-order valence-electron chi connectivity index (χ0n) is 15.2. The van der Waals surface area contributed by atoms with Gasteiger partial charge in [-0.25, -0.2) is 9.07 Å². The fourth-order valence-corrected chi connectivity index (χ4v) is 4.13. The molecular weight excluding hydrogens is 351 g/mol. The number of nitrogens with one attached hydrogen (secondary N) is 1. The molecule has 0 bridgehead atoms. The molecule has 1 aliphatic rings. The van der Waals surface area contributed by atoms with Crippen LogP contribution >= 0.6 is 11.8 Å². The average molecular weight is 377 g/mol. The minimum absolute atomic E-state index is 0.269. The first-order valence-corrected chi connectivity index (χ1v) is 10.3. The molecule has 1 unspecified atom stereocenters. The summed E-state index contributed by atoms with van der Waals surface area (Å²) >= 11 is 1.88. The molecule has 1 saturated heterocycles. The number of anilines is 1. The van der Waals surface area contributed by atoms with Crippen LogP contribution in [0.4, 0.5) is 10.2 Å². The number of aromatic nitrogens is 2. The second kappa shape index (κ2) is 8.68. The van der Waals surface area contributed by atoms with E-state index in [0.29, 0.717) is 17.4 Å². The monoisotopic (exact) mass is 376 g/mol. The molecule has 0 spiro atoms. The van der Waals surface area contributed by atoms with Gasteiger partial charge in [0.25, 0.3) is 5.91 Å². The highest BCUT2D eigenvalue weighted by Gasteiger charge is 2.25. The third kappa shape index (κ3) is 4.45. The van der Waals surface area contributed by atoms with E-state index in [2.05, 4.69) is 28.5 Å². The Hall–Kier alpha value is -1.86. The van der Waals surface area contributed by atoms with Gasteiger partial charge in [-0.2, -0.15) is 16.9 Å². The van der Waals surface area contributed by atoms with Gasteiger partial charge in [-0.1, -0.05) is 6.07 Å². The van der Waals surface area contributed by atoms with E-state index in [1.807, 2.05) is 16.4 Å². The molecule has 140 valence electrons. The molecular formula is C19H25FN4OS. The van der Waals surface area contributed by atoms with Crippen LogP contribution in [0.3, 0.4) is 0 Å². The van der Waals surface area contributed by atoms with E-state index in [9.17, 15) is 9.18 Å². The lowest BCUT2D eigenvalue weighted by molar-refractivity contribution is 0.102. The van der Waals surface area contributed by atoms with Gasteiger partial charge in [0.15, 0.2) is 0 Å². The standard InChI is InChI=1S/C19H25FN4OS/c1-14(13-26-2)23-10-7-17(8-11-23)24-18(6-9-21-24)22-19(25)15-4-3-5-16(20)12-15/h3-6,9,12,14,17H,7-8,10-11,13H2,1-2H3,(H,22,25). The van der Waals surface area contributed by atoms with Crippen LogP contribution in [-0.4, -0.2) is 51.7 Å². The predicted molar refractivity (Wildman–Crippen MR) is 104 cm³/mol. The normalized spacial score (nSPS) is 17.2. The highest BCUT2D eigenvalue weighted by atomic mass is 32.2. The molecule has 1 amide bonds. The summed E-state index contributed by atoms with van der Waals surface area (Å²) in [5.41, 5.74) is 0.304. The fraction of sp³-hybridized carbons (Fsp3) is 0.474. The van der Waals surface area contributed by atoms with Gasteiger partial charge >= 0.3 is 0 Å². The van der Waals surface area contributed by atoms with Gasteiger partial charge in [0.05, 0.1) is 12.2 Å². The van der Waals surface area contributed by atoms with Crippen molar-refractivity contribution in [1.29, 1.82) is 0 Å². The minimum Gasteiger partial charge on any atom is -0.307 e. The molecule has 3 rings (SSSR count). The van der Waals surface area contributed by atoms with Crippen molar-refractivity contribution in [1.82, 2.24) is 14.7 Å². The molecule has 7 heteroatoms. The van der Waals surface area contributed by atoms with E-state index < -0.39 is 5.82 Å². The number of benzene rings is 1. The Morgan fingerprint density at radius 1 is 1.38 bits per heavy atom. The molecule has 1 aliphatic heterocycles. The van der Waals surface area contributed by atoms with Crippen LogP contribution in [0.25, 0.3) is 0 Å². The van der Waals surface area contributed by atoms with Crippen LogP contribution in [-0.2, 0) is 0 Å². The summed E-state index contributed by atoms with van der Waals surface area (Å²) in [6.45, 7) is 4.34. The first kappa shape index (κ1) is 18.9. The summed E-state index contributed by atoms with van der Waals surface area (Å²) in [5, 5.41) is 7.28. The zero-order valence-corrected chi connectivity index (χ0v) is 16.0. The third-order valence-corrected chi connectivity index (χ3v) is 5.69. The first-order valence-electron chi connectivity index (χ1n) is 8.92. The quantitative estimate of drug-likeness (QED) is 0.836. The average Bonchev–Trinajstić information content (AvgIpc) is 3.10. The van der Waals surface area contributed by atoms with Crippen molar-refractivity contribution >= 4 is 23.5 Å². The van der Waals surface area contributed by atoms with Crippen LogP contribution in [0.1, 0.15) is 36.2 Å². The molecule has 2 aromatic rings. The van der Waals surface area contributed by atoms with E-state index in [1.54, 1.807) is 18.3 Å². The van der Waals surface area contributed by atoms with Crippen molar-refractivity contribution in [3.63, 3.8) is 0 Å². The van der Waals surface area contributed by atoms with E-state index >= 15 is 0 Å². The lowest BCUT2D eigenvalue weighted by atomic mass is 10.0. The molecule has 1 atom stereocenters. The molecule has 0 radical (unpaired) electrons. The predicted octanol–water partition coefficient (Wildman–Crippen LogP) is 3.66. The van der Waals surface area contributed by atoms with Crippen molar-refractivity contribution < 1.29 is 9.18 Å². The van der Waals surface area contributed by atoms with Gasteiger partial charge in [0, 0.05) is 36.5 Å². The molecule has 1 aromatic heterocycles. The molecule has 1 N–H and O–H groups in total. The smallest absolute Gasteiger partial charge is 0.256 e. The topological polar surface area (TPSA) is 50.2 Å².